The highest BCUT2D eigenvalue weighted by Gasteiger charge is 2.34. The van der Waals surface area contributed by atoms with E-state index in [4.69, 9.17) is 5.73 Å². The number of carbonyl (C=O) groups is 2. The molecule has 298 valence electrons. The second-order valence-corrected chi connectivity index (χ2v) is 16.7. The maximum Gasteiger partial charge on any atom is 0.194 e. The fourth-order valence-electron chi connectivity index (χ4n) is 8.64. The van der Waals surface area contributed by atoms with Crippen LogP contribution in [0.2, 0.25) is 0 Å². The van der Waals surface area contributed by atoms with Gasteiger partial charge in [0.15, 0.2) is 11.6 Å². The summed E-state index contributed by atoms with van der Waals surface area (Å²) in [5, 5.41) is 0. The Morgan fingerprint density at radius 3 is 1.06 bits per heavy atom. The first-order chi connectivity index (χ1) is 26.1. The van der Waals surface area contributed by atoms with Crippen molar-refractivity contribution < 1.29 is 9.59 Å². The SMILES string of the molecule is CCCCCCCCCCCCCCCCCCc1cc(N)c(CCCCCCCCCCCCCCCCCC)c2c1C(=O)c1ccccc1C2=O. The summed E-state index contributed by atoms with van der Waals surface area (Å²) in [6.45, 7) is 4.58. The summed E-state index contributed by atoms with van der Waals surface area (Å²) in [6, 6.07) is 9.43. The highest BCUT2D eigenvalue weighted by Crippen LogP contribution is 2.36. The molecule has 0 amide bonds. The third-order valence-electron chi connectivity index (χ3n) is 12.0. The first-order valence-electron chi connectivity index (χ1n) is 23.2. The minimum Gasteiger partial charge on any atom is -0.398 e. The number of anilines is 1. The molecule has 2 aromatic rings. The molecule has 0 spiro atoms. The van der Waals surface area contributed by atoms with E-state index in [2.05, 4.69) is 13.8 Å². The van der Waals surface area contributed by atoms with Crippen LogP contribution < -0.4 is 5.73 Å². The van der Waals surface area contributed by atoms with Crippen LogP contribution in [0.15, 0.2) is 30.3 Å². The quantitative estimate of drug-likeness (QED) is 0.0492. The van der Waals surface area contributed by atoms with E-state index >= 15 is 0 Å². The second kappa shape index (κ2) is 28.9. The van der Waals surface area contributed by atoms with E-state index < -0.39 is 0 Å². The molecule has 0 heterocycles. The average Bonchev–Trinajstić information content (AvgIpc) is 3.17. The average molecular weight is 728 g/mol. The van der Waals surface area contributed by atoms with Gasteiger partial charge in [-0.2, -0.15) is 0 Å². The molecule has 0 bridgehead atoms. The third-order valence-corrected chi connectivity index (χ3v) is 12.0. The molecular weight excluding hydrogens is 647 g/mol. The van der Waals surface area contributed by atoms with Crippen molar-refractivity contribution in [3.63, 3.8) is 0 Å². The number of hydrogen-bond donors (Lipinski definition) is 1. The molecule has 0 radical (unpaired) electrons. The molecule has 0 unspecified atom stereocenters. The first-order valence-corrected chi connectivity index (χ1v) is 23.2. The van der Waals surface area contributed by atoms with Gasteiger partial charge in [0.1, 0.15) is 0 Å². The number of nitrogen functional groups attached to an aromatic ring is 1. The molecule has 2 aromatic carbocycles. The summed E-state index contributed by atoms with van der Waals surface area (Å²) < 4.78 is 0. The van der Waals surface area contributed by atoms with Crippen LogP contribution in [0.25, 0.3) is 0 Å². The molecule has 0 saturated heterocycles. The fraction of sp³-hybridized carbons (Fsp3) is 0.720. The summed E-state index contributed by atoms with van der Waals surface area (Å²) in [5.41, 5.74) is 11.7. The van der Waals surface area contributed by atoms with Gasteiger partial charge in [-0.05, 0) is 42.9 Å². The molecule has 1 aliphatic carbocycles. The Kier molecular flexibility index (Phi) is 24.6. The molecule has 1 aliphatic rings. The maximum atomic E-state index is 14.0. The van der Waals surface area contributed by atoms with Gasteiger partial charge in [0.05, 0.1) is 0 Å². The monoisotopic (exact) mass is 728 g/mol. The molecule has 0 atom stereocenters. The highest BCUT2D eigenvalue weighted by atomic mass is 16.1. The number of benzene rings is 2. The number of rotatable bonds is 34. The normalized spacial score (nSPS) is 12.4. The lowest BCUT2D eigenvalue weighted by atomic mass is 9.77. The third kappa shape index (κ3) is 17.3. The van der Waals surface area contributed by atoms with E-state index in [-0.39, 0.29) is 11.6 Å². The van der Waals surface area contributed by atoms with Crippen LogP contribution in [0.1, 0.15) is 262 Å². The molecule has 2 N–H and O–H groups in total. The number of fused-ring (bicyclic) bond motifs is 2. The molecule has 3 nitrogen and oxygen atoms in total. The van der Waals surface area contributed by atoms with Crippen LogP contribution in [0.3, 0.4) is 0 Å². The molecular formula is C50H81NO2. The lowest BCUT2D eigenvalue weighted by Crippen LogP contribution is -2.25. The summed E-state index contributed by atoms with van der Waals surface area (Å²) in [6.07, 6.45) is 44.4. The summed E-state index contributed by atoms with van der Waals surface area (Å²) in [5.74, 6) is -0.00265. The zero-order valence-electron chi connectivity index (χ0n) is 34.8. The van der Waals surface area contributed by atoms with E-state index in [1.807, 2.05) is 30.3 Å². The standard InChI is InChI=1S/C50H81NO2/c1-3-5-7-9-11-13-15-17-19-21-23-25-27-29-31-33-37-42-41-46(51)45(48-47(42)49(52)43-38-35-36-39-44(43)50(48)53)40-34-32-30-28-26-24-22-20-18-16-14-12-10-8-6-4-2/h35-36,38-39,41H,3-34,37,40,51H2,1-2H3. The van der Waals surface area contributed by atoms with Crippen molar-refractivity contribution in [2.24, 2.45) is 0 Å². The number of nitrogens with two attached hydrogens (primary N) is 1. The van der Waals surface area contributed by atoms with Crippen molar-refractivity contribution in [1.82, 2.24) is 0 Å². The van der Waals surface area contributed by atoms with Gasteiger partial charge in [-0.25, -0.2) is 0 Å². The van der Waals surface area contributed by atoms with Crippen LogP contribution in [0.4, 0.5) is 5.69 Å². The Balaban J connectivity index is 1.37. The molecule has 3 heteroatoms. The van der Waals surface area contributed by atoms with Crippen molar-refractivity contribution in [2.45, 2.75) is 232 Å². The molecule has 0 fully saturated rings. The van der Waals surface area contributed by atoms with Crippen LogP contribution in [0, 0.1) is 0 Å². The first kappa shape index (κ1) is 45.0. The molecule has 3 rings (SSSR count). The number of hydrogen-bond acceptors (Lipinski definition) is 3. The topological polar surface area (TPSA) is 60.2 Å². The van der Waals surface area contributed by atoms with Gasteiger partial charge in [-0.15, -0.1) is 0 Å². The van der Waals surface area contributed by atoms with E-state index in [0.29, 0.717) is 27.9 Å². The van der Waals surface area contributed by atoms with Crippen molar-refractivity contribution >= 4 is 17.3 Å². The summed E-state index contributed by atoms with van der Waals surface area (Å²) in [4.78, 5) is 27.9. The van der Waals surface area contributed by atoms with Crippen LogP contribution in [-0.4, -0.2) is 11.6 Å². The van der Waals surface area contributed by atoms with E-state index in [0.717, 1.165) is 49.7 Å². The Bertz CT molecular complexity index is 1280. The van der Waals surface area contributed by atoms with Crippen LogP contribution >= 0.6 is 0 Å². The lowest BCUT2D eigenvalue weighted by Gasteiger charge is -2.24. The zero-order chi connectivity index (χ0) is 37.8. The van der Waals surface area contributed by atoms with Crippen molar-refractivity contribution in [1.29, 1.82) is 0 Å². The Hall–Kier alpha value is -2.42. The van der Waals surface area contributed by atoms with Crippen LogP contribution in [-0.2, 0) is 12.8 Å². The fourth-order valence-corrected chi connectivity index (χ4v) is 8.64. The van der Waals surface area contributed by atoms with Gasteiger partial charge < -0.3 is 5.73 Å². The number of carbonyl (C=O) groups excluding carboxylic acids is 2. The lowest BCUT2D eigenvalue weighted by molar-refractivity contribution is 0.0977. The van der Waals surface area contributed by atoms with Crippen molar-refractivity contribution in [3.8, 4) is 0 Å². The van der Waals surface area contributed by atoms with Gasteiger partial charge in [-0.1, -0.05) is 231 Å². The van der Waals surface area contributed by atoms with E-state index in [1.54, 1.807) is 0 Å². The second-order valence-electron chi connectivity index (χ2n) is 16.7. The van der Waals surface area contributed by atoms with Gasteiger partial charge >= 0.3 is 0 Å². The predicted octanol–water partition coefficient (Wildman–Crippen LogP) is 15.7. The van der Waals surface area contributed by atoms with Gasteiger partial charge in [0.25, 0.3) is 0 Å². The zero-order valence-corrected chi connectivity index (χ0v) is 34.8. The van der Waals surface area contributed by atoms with Crippen molar-refractivity contribution in [3.05, 3.63) is 63.7 Å². The highest BCUT2D eigenvalue weighted by molar-refractivity contribution is 6.29. The number of ketones is 2. The van der Waals surface area contributed by atoms with Gasteiger partial charge in [-0.3, -0.25) is 9.59 Å². The summed E-state index contributed by atoms with van der Waals surface area (Å²) in [7, 11) is 0. The molecule has 0 aliphatic heterocycles. The van der Waals surface area contributed by atoms with Crippen LogP contribution in [0.5, 0.6) is 0 Å². The minimum atomic E-state index is -0.0118. The summed E-state index contributed by atoms with van der Waals surface area (Å²) >= 11 is 0. The van der Waals surface area contributed by atoms with E-state index in [9.17, 15) is 9.59 Å². The Morgan fingerprint density at radius 2 is 0.698 bits per heavy atom. The smallest absolute Gasteiger partial charge is 0.194 e. The van der Waals surface area contributed by atoms with Crippen molar-refractivity contribution in [2.75, 3.05) is 5.73 Å². The van der Waals surface area contributed by atoms with Gasteiger partial charge in [0.2, 0.25) is 0 Å². The predicted molar refractivity (Wildman–Crippen MR) is 231 cm³/mol. The molecule has 53 heavy (non-hydrogen) atoms. The molecule has 0 saturated carbocycles. The maximum absolute atomic E-state index is 14.0. The van der Waals surface area contributed by atoms with Gasteiger partial charge in [0, 0.05) is 27.9 Å². The molecule has 0 aromatic heterocycles. The Labute approximate surface area is 327 Å². The number of unbranched alkanes of at least 4 members (excludes halogenated alkanes) is 30. The van der Waals surface area contributed by atoms with E-state index in [1.165, 1.54) is 180 Å². The Morgan fingerprint density at radius 1 is 0.396 bits per heavy atom. The largest absolute Gasteiger partial charge is 0.398 e. The number of aryl methyl sites for hydroxylation is 1. The minimum absolute atomic E-state index is 0.00918.